The van der Waals surface area contributed by atoms with Gasteiger partial charge in [0.2, 0.25) is 0 Å². The molecule has 0 atom stereocenters. The number of carboxylic acid groups (broad SMARTS) is 1. The second-order valence-corrected chi connectivity index (χ2v) is 6.52. The van der Waals surface area contributed by atoms with Gasteiger partial charge in [-0.3, -0.25) is 0 Å². The molecule has 0 fully saturated rings. The normalized spacial score (nSPS) is 10.6. The van der Waals surface area contributed by atoms with Crippen LogP contribution >= 0.6 is 23.1 Å². The fourth-order valence-corrected chi connectivity index (χ4v) is 3.80. The zero-order valence-corrected chi connectivity index (χ0v) is 12.9. The van der Waals surface area contributed by atoms with Gasteiger partial charge >= 0.3 is 5.97 Å². The van der Waals surface area contributed by atoms with Crippen molar-refractivity contribution in [2.75, 3.05) is 12.8 Å². The molecule has 0 radical (unpaired) electrons. The molecule has 0 unspecified atom stereocenters. The number of methoxy groups -OCH3 is 1. The Morgan fingerprint density at radius 1 is 1.50 bits per heavy atom. The molecule has 0 spiro atoms. The molecule has 0 amide bonds. The average molecular weight is 310 g/mol. The number of benzene rings is 1. The van der Waals surface area contributed by atoms with Gasteiger partial charge in [0.25, 0.3) is 0 Å². The topological polar surface area (TPSA) is 85.4 Å². The van der Waals surface area contributed by atoms with Crippen molar-refractivity contribution in [3.05, 3.63) is 29.0 Å². The fraction of sp³-hybridized carbons (Fsp3) is 0.231. The van der Waals surface area contributed by atoms with Crippen LogP contribution in [0.1, 0.15) is 21.5 Å². The highest BCUT2D eigenvalue weighted by molar-refractivity contribution is 8.01. The van der Waals surface area contributed by atoms with Crippen molar-refractivity contribution >= 4 is 34.2 Å². The highest BCUT2D eigenvalue weighted by Crippen LogP contribution is 2.40. The number of nitrogens with zero attached hydrogens (tertiary/aromatic N) is 1. The van der Waals surface area contributed by atoms with E-state index in [-0.39, 0.29) is 5.56 Å². The summed E-state index contributed by atoms with van der Waals surface area (Å²) in [4.78, 5) is 16.3. The van der Waals surface area contributed by atoms with E-state index in [0.29, 0.717) is 16.4 Å². The van der Waals surface area contributed by atoms with Gasteiger partial charge < -0.3 is 15.6 Å². The Hall–Kier alpha value is -1.73. The zero-order chi connectivity index (χ0) is 14.9. The van der Waals surface area contributed by atoms with E-state index in [1.54, 1.807) is 19.2 Å². The number of anilines is 1. The van der Waals surface area contributed by atoms with Gasteiger partial charge in [-0.05, 0) is 31.0 Å². The van der Waals surface area contributed by atoms with Crippen LogP contribution in [0, 0.1) is 13.8 Å². The quantitative estimate of drug-likeness (QED) is 0.902. The smallest absolute Gasteiger partial charge is 0.339 e. The van der Waals surface area contributed by atoms with Gasteiger partial charge in [0.05, 0.1) is 17.5 Å². The molecule has 0 saturated carbocycles. The molecule has 1 aromatic heterocycles. The van der Waals surface area contributed by atoms with E-state index in [4.69, 9.17) is 10.5 Å². The monoisotopic (exact) mass is 310 g/mol. The number of carboxylic acids is 1. The number of aryl methyl sites for hydroxylation is 1. The molecule has 0 saturated heterocycles. The van der Waals surface area contributed by atoms with Crippen LogP contribution in [0.2, 0.25) is 0 Å². The van der Waals surface area contributed by atoms with Crippen molar-refractivity contribution in [3.8, 4) is 5.75 Å². The molecular weight excluding hydrogens is 296 g/mol. The number of hydrogen-bond donors (Lipinski definition) is 2. The molecule has 1 heterocycles. The Morgan fingerprint density at radius 3 is 2.70 bits per heavy atom. The van der Waals surface area contributed by atoms with Crippen molar-refractivity contribution in [1.29, 1.82) is 0 Å². The van der Waals surface area contributed by atoms with Gasteiger partial charge in [-0.15, -0.1) is 0 Å². The maximum absolute atomic E-state index is 11.4. The summed E-state index contributed by atoms with van der Waals surface area (Å²) in [6.45, 7) is 3.71. The molecule has 2 rings (SSSR count). The average Bonchev–Trinajstić information content (AvgIpc) is 2.78. The van der Waals surface area contributed by atoms with Gasteiger partial charge in [0.1, 0.15) is 11.3 Å². The second kappa shape index (κ2) is 5.72. The highest BCUT2D eigenvalue weighted by Gasteiger charge is 2.20. The summed E-state index contributed by atoms with van der Waals surface area (Å²) in [7, 11) is 1.47. The largest absolute Gasteiger partial charge is 0.496 e. The van der Waals surface area contributed by atoms with E-state index in [1.165, 1.54) is 30.2 Å². The number of hydrogen-bond acceptors (Lipinski definition) is 6. The third-order valence-corrected chi connectivity index (χ3v) is 5.07. The van der Waals surface area contributed by atoms with Crippen molar-refractivity contribution in [2.45, 2.75) is 23.0 Å². The Labute approximate surface area is 124 Å². The van der Waals surface area contributed by atoms with Crippen LogP contribution in [-0.2, 0) is 0 Å². The lowest BCUT2D eigenvalue weighted by atomic mass is 10.0. The first-order valence-corrected chi connectivity index (χ1v) is 7.38. The third kappa shape index (κ3) is 2.73. The summed E-state index contributed by atoms with van der Waals surface area (Å²) in [6.07, 6.45) is 1.69. The van der Waals surface area contributed by atoms with Crippen molar-refractivity contribution in [1.82, 2.24) is 4.98 Å². The molecule has 1 aromatic carbocycles. The number of nitrogens with two attached hydrogens (primary N) is 1. The summed E-state index contributed by atoms with van der Waals surface area (Å²) in [5.41, 5.74) is 7.45. The molecule has 7 heteroatoms. The second-order valence-electron chi connectivity index (χ2n) is 4.15. The predicted molar refractivity (Wildman–Crippen MR) is 80.1 cm³/mol. The van der Waals surface area contributed by atoms with Gasteiger partial charge in [-0.1, -0.05) is 23.1 Å². The maximum atomic E-state index is 11.4. The van der Waals surface area contributed by atoms with Crippen LogP contribution in [0.3, 0.4) is 0 Å². The molecule has 2 aromatic rings. The molecule has 5 nitrogen and oxygen atoms in total. The highest BCUT2D eigenvalue weighted by atomic mass is 32.2. The molecule has 3 N–H and O–H groups in total. The summed E-state index contributed by atoms with van der Waals surface area (Å²) >= 11 is 2.84. The summed E-state index contributed by atoms with van der Waals surface area (Å²) < 4.78 is 6.08. The van der Waals surface area contributed by atoms with Crippen LogP contribution in [0.5, 0.6) is 5.75 Å². The fourth-order valence-electron chi connectivity index (χ4n) is 1.93. The Morgan fingerprint density at radius 2 is 2.20 bits per heavy atom. The number of thiazole rings is 1. The van der Waals surface area contributed by atoms with Crippen LogP contribution in [0.15, 0.2) is 21.4 Å². The van der Waals surface area contributed by atoms with E-state index >= 15 is 0 Å². The van der Waals surface area contributed by atoms with Crippen LogP contribution in [0.25, 0.3) is 0 Å². The van der Waals surface area contributed by atoms with Gasteiger partial charge in [-0.25, -0.2) is 9.78 Å². The standard InChI is InChI=1S/C13H14N2O3S2/c1-6-4-8(18-3)10(12(16)17)7(2)11(6)19-9-5-15-13(14)20-9/h4-5H,1-3H3,(H2,14,15)(H,16,17). The van der Waals surface area contributed by atoms with Crippen molar-refractivity contribution in [2.24, 2.45) is 0 Å². The van der Waals surface area contributed by atoms with Crippen molar-refractivity contribution in [3.63, 3.8) is 0 Å². The Bertz CT molecular complexity index is 668. The van der Waals surface area contributed by atoms with Crippen LogP contribution in [0.4, 0.5) is 5.13 Å². The van der Waals surface area contributed by atoms with Gasteiger partial charge in [-0.2, -0.15) is 0 Å². The SMILES string of the molecule is COc1cc(C)c(Sc2cnc(N)s2)c(C)c1C(=O)O. The van der Waals surface area contributed by atoms with E-state index < -0.39 is 5.97 Å². The molecule has 0 aliphatic carbocycles. The number of nitrogen functional groups attached to an aromatic ring is 1. The number of ether oxygens (including phenoxy) is 1. The minimum atomic E-state index is -0.995. The Balaban J connectivity index is 2.53. The molecule has 20 heavy (non-hydrogen) atoms. The molecule has 106 valence electrons. The number of carbonyl (C=O) groups is 1. The minimum absolute atomic E-state index is 0.193. The van der Waals surface area contributed by atoms with Crippen LogP contribution in [-0.4, -0.2) is 23.2 Å². The first kappa shape index (κ1) is 14.7. The molecule has 0 aliphatic heterocycles. The zero-order valence-electron chi connectivity index (χ0n) is 11.3. The maximum Gasteiger partial charge on any atom is 0.339 e. The Kier molecular flexibility index (Phi) is 4.20. The first-order valence-electron chi connectivity index (χ1n) is 5.74. The molecule has 0 aliphatic rings. The lowest BCUT2D eigenvalue weighted by Crippen LogP contribution is -2.05. The summed E-state index contributed by atoms with van der Waals surface area (Å²) in [6, 6.07) is 1.74. The van der Waals surface area contributed by atoms with Gasteiger partial charge in [0.15, 0.2) is 5.13 Å². The summed E-state index contributed by atoms with van der Waals surface area (Å²) in [5.74, 6) is -0.620. The van der Waals surface area contributed by atoms with E-state index in [2.05, 4.69) is 4.98 Å². The van der Waals surface area contributed by atoms with E-state index in [0.717, 1.165) is 14.7 Å². The summed E-state index contributed by atoms with van der Waals surface area (Å²) in [5, 5.41) is 9.84. The first-order chi connectivity index (χ1) is 9.43. The lowest BCUT2D eigenvalue weighted by Gasteiger charge is -2.14. The van der Waals surface area contributed by atoms with Crippen molar-refractivity contribution < 1.29 is 14.6 Å². The molecular formula is C13H14N2O3S2. The minimum Gasteiger partial charge on any atom is -0.496 e. The van der Waals surface area contributed by atoms with Crippen LogP contribution < -0.4 is 10.5 Å². The molecule has 0 bridgehead atoms. The lowest BCUT2D eigenvalue weighted by molar-refractivity contribution is 0.0692. The predicted octanol–water partition coefficient (Wildman–Crippen LogP) is 3.20. The number of rotatable bonds is 4. The van der Waals surface area contributed by atoms with E-state index in [1.807, 2.05) is 6.92 Å². The van der Waals surface area contributed by atoms with Gasteiger partial charge in [0, 0.05) is 4.90 Å². The third-order valence-electron chi connectivity index (χ3n) is 2.81. The number of aromatic nitrogens is 1. The van der Waals surface area contributed by atoms with E-state index in [9.17, 15) is 9.90 Å². The number of aromatic carboxylic acids is 1.